The van der Waals surface area contributed by atoms with E-state index in [-0.39, 0.29) is 5.91 Å². The highest BCUT2D eigenvalue weighted by atomic mass is 16.2. The summed E-state index contributed by atoms with van der Waals surface area (Å²) in [7, 11) is 1.81. The third-order valence-electron chi connectivity index (χ3n) is 2.94. The van der Waals surface area contributed by atoms with Gasteiger partial charge in [0.1, 0.15) is 0 Å². The van der Waals surface area contributed by atoms with Gasteiger partial charge in [0, 0.05) is 20.0 Å². The number of carbonyl (C=O) groups is 1. The molecule has 4 nitrogen and oxygen atoms in total. The van der Waals surface area contributed by atoms with Crippen molar-refractivity contribution in [1.29, 1.82) is 0 Å². The Morgan fingerprint density at radius 2 is 2.12 bits per heavy atom. The molecule has 0 unspecified atom stereocenters. The van der Waals surface area contributed by atoms with E-state index in [1.165, 1.54) is 5.56 Å². The fraction of sp³-hybridized carbons (Fsp3) is 0.417. The number of anilines is 1. The number of amides is 1. The normalized spacial score (nSPS) is 16.0. The third kappa shape index (κ3) is 1.88. The van der Waals surface area contributed by atoms with Crippen LogP contribution in [0.5, 0.6) is 0 Å². The van der Waals surface area contributed by atoms with Crippen molar-refractivity contribution in [2.24, 2.45) is 5.73 Å². The molecule has 0 bridgehead atoms. The molecule has 0 radical (unpaired) electrons. The molecule has 0 spiro atoms. The average Bonchev–Trinajstić information content (AvgIpc) is 2.61. The fourth-order valence-electron chi connectivity index (χ4n) is 2.06. The van der Waals surface area contributed by atoms with E-state index >= 15 is 0 Å². The summed E-state index contributed by atoms with van der Waals surface area (Å²) >= 11 is 0. The summed E-state index contributed by atoms with van der Waals surface area (Å²) in [6, 6.07) is 8.11. The number of hydrogen-bond donors (Lipinski definition) is 1. The van der Waals surface area contributed by atoms with E-state index in [1.54, 1.807) is 5.01 Å². The van der Waals surface area contributed by atoms with Gasteiger partial charge in [0.15, 0.2) is 0 Å². The number of hydrazine groups is 1. The van der Waals surface area contributed by atoms with Crippen molar-refractivity contribution < 1.29 is 4.79 Å². The van der Waals surface area contributed by atoms with E-state index in [0.29, 0.717) is 13.0 Å². The van der Waals surface area contributed by atoms with Gasteiger partial charge >= 0.3 is 0 Å². The SMILES string of the molecule is CN1C(=O)CCN1c1ccccc1CCN. The number of hydrogen-bond acceptors (Lipinski definition) is 3. The average molecular weight is 219 g/mol. The van der Waals surface area contributed by atoms with Crippen LogP contribution in [0.4, 0.5) is 5.69 Å². The van der Waals surface area contributed by atoms with Crippen molar-refractivity contribution in [1.82, 2.24) is 5.01 Å². The molecule has 0 aromatic heterocycles. The number of carbonyl (C=O) groups excluding carboxylic acids is 1. The fourth-order valence-corrected chi connectivity index (χ4v) is 2.06. The Morgan fingerprint density at radius 3 is 2.75 bits per heavy atom. The van der Waals surface area contributed by atoms with E-state index in [1.807, 2.05) is 30.3 Å². The maximum atomic E-state index is 11.5. The van der Waals surface area contributed by atoms with E-state index in [4.69, 9.17) is 5.73 Å². The second-order valence-electron chi connectivity index (χ2n) is 3.96. The minimum absolute atomic E-state index is 0.169. The molecule has 1 aromatic carbocycles. The Hall–Kier alpha value is -1.55. The summed E-state index contributed by atoms with van der Waals surface area (Å²) in [5, 5.41) is 3.71. The van der Waals surface area contributed by atoms with Crippen molar-refractivity contribution in [3.63, 3.8) is 0 Å². The second kappa shape index (κ2) is 4.53. The first kappa shape index (κ1) is 11.0. The molecular weight excluding hydrogens is 202 g/mol. The molecule has 1 heterocycles. The number of benzene rings is 1. The highest BCUT2D eigenvalue weighted by Crippen LogP contribution is 2.25. The number of para-hydroxylation sites is 1. The lowest BCUT2D eigenvalue weighted by Crippen LogP contribution is -2.36. The van der Waals surface area contributed by atoms with Gasteiger partial charge in [0.25, 0.3) is 0 Å². The standard InChI is InChI=1S/C12H17N3O/c1-14-12(16)7-9-15(14)11-5-3-2-4-10(11)6-8-13/h2-5H,6-9,13H2,1H3. The molecule has 1 aliphatic rings. The second-order valence-corrected chi connectivity index (χ2v) is 3.96. The lowest BCUT2D eigenvalue weighted by atomic mass is 10.1. The van der Waals surface area contributed by atoms with Crippen LogP contribution in [-0.4, -0.2) is 31.1 Å². The number of nitrogens with zero attached hydrogens (tertiary/aromatic N) is 2. The smallest absolute Gasteiger partial charge is 0.242 e. The van der Waals surface area contributed by atoms with Crippen LogP contribution in [0.3, 0.4) is 0 Å². The van der Waals surface area contributed by atoms with E-state index in [9.17, 15) is 4.79 Å². The Balaban J connectivity index is 2.29. The van der Waals surface area contributed by atoms with Crippen molar-refractivity contribution in [2.45, 2.75) is 12.8 Å². The maximum absolute atomic E-state index is 11.5. The molecule has 1 aromatic rings. The third-order valence-corrected chi connectivity index (χ3v) is 2.94. The van der Waals surface area contributed by atoms with Crippen LogP contribution < -0.4 is 10.7 Å². The zero-order valence-corrected chi connectivity index (χ0v) is 9.52. The van der Waals surface area contributed by atoms with Crippen molar-refractivity contribution in [3.8, 4) is 0 Å². The molecule has 0 saturated carbocycles. The van der Waals surface area contributed by atoms with Crippen LogP contribution in [0.1, 0.15) is 12.0 Å². The molecule has 86 valence electrons. The summed E-state index contributed by atoms with van der Waals surface area (Å²) in [5.74, 6) is 0.169. The molecule has 0 atom stereocenters. The monoisotopic (exact) mass is 219 g/mol. The molecule has 0 aliphatic carbocycles. The first-order valence-corrected chi connectivity index (χ1v) is 5.56. The highest BCUT2D eigenvalue weighted by molar-refractivity contribution is 5.81. The lowest BCUT2D eigenvalue weighted by molar-refractivity contribution is -0.126. The molecule has 16 heavy (non-hydrogen) atoms. The molecule has 2 N–H and O–H groups in total. The Kier molecular flexibility index (Phi) is 3.10. The van der Waals surface area contributed by atoms with E-state index < -0.39 is 0 Å². The molecule has 1 amide bonds. The van der Waals surface area contributed by atoms with Gasteiger partial charge in [-0.05, 0) is 24.6 Å². The Labute approximate surface area is 95.6 Å². The highest BCUT2D eigenvalue weighted by Gasteiger charge is 2.26. The van der Waals surface area contributed by atoms with Gasteiger partial charge in [-0.25, -0.2) is 0 Å². The summed E-state index contributed by atoms with van der Waals surface area (Å²) in [5.41, 5.74) is 7.89. The van der Waals surface area contributed by atoms with Crippen molar-refractivity contribution >= 4 is 11.6 Å². The van der Waals surface area contributed by atoms with Gasteiger partial charge in [-0.15, -0.1) is 0 Å². The summed E-state index contributed by atoms with van der Waals surface area (Å²) in [6.07, 6.45) is 1.43. The van der Waals surface area contributed by atoms with Crippen LogP contribution in [-0.2, 0) is 11.2 Å². The van der Waals surface area contributed by atoms with Gasteiger partial charge in [-0.2, -0.15) is 0 Å². The molecule has 1 fully saturated rings. The Morgan fingerprint density at radius 1 is 1.38 bits per heavy atom. The number of rotatable bonds is 3. The van der Waals surface area contributed by atoms with Crippen molar-refractivity contribution in [2.75, 3.05) is 25.1 Å². The van der Waals surface area contributed by atoms with E-state index in [2.05, 4.69) is 6.07 Å². The first-order chi connectivity index (χ1) is 7.74. The van der Waals surface area contributed by atoms with Crippen LogP contribution in [0.25, 0.3) is 0 Å². The maximum Gasteiger partial charge on any atom is 0.242 e. The molecule has 2 rings (SSSR count). The topological polar surface area (TPSA) is 49.6 Å². The minimum atomic E-state index is 0.169. The van der Waals surface area contributed by atoms with Crippen LogP contribution in [0.2, 0.25) is 0 Å². The largest absolute Gasteiger partial charge is 0.330 e. The van der Waals surface area contributed by atoms with Crippen LogP contribution in [0.15, 0.2) is 24.3 Å². The van der Waals surface area contributed by atoms with Gasteiger partial charge < -0.3 is 5.73 Å². The van der Waals surface area contributed by atoms with Gasteiger partial charge in [-0.3, -0.25) is 14.8 Å². The summed E-state index contributed by atoms with van der Waals surface area (Å²) in [4.78, 5) is 11.5. The summed E-state index contributed by atoms with van der Waals surface area (Å²) in [6.45, 7) is 1.39. The van der Waals surface area contributed by atoms with Crippen LogP contribution >= 0.6 is 0 Å². The molecule has 1 saturated heterocycles. The predicted molar refractivity (Wildman–Crippen MR) is 63.9 cm³/mol. The lowest BCUT2D eigenvalue weighted by Gasteiger charge is -2.28. The zero-order valence-electron chi connectivity index (χ0n) is 9.52. The summed E-state index contributed by atoms with van der Waals surface area (Å²) < 4.78 is 0. The van der Waals surface area contributed by atoms with Gasteiger partial charge in [0.05, 0.1) is 5.69 Å². The molecule has 1 aliphatic heterocycles. The number of nitrogens with two attached hydrogens (primary N) is 1. The minimum Gasteiger partial charge on any atom is -0.330 e. The van der Waals surface area contributed by atoms with Gasteiger partial charge in [0.2, 0.25) is 5.91 Å². The molecule has 4 heteroatoms. The van der Waals surface area contributed by atoms with Crippen molar-refractivity contribution in [3.05, 3.63) is 29.8 Å². The molecular formula is C12H17N3O. The van der Waals surface area contributed by atoms with Gasteiger partial charge in [-0.1, -0.05) is 18.2 Å². The van der Waals surface area contributed by atoms with E-state index in [0.717, 1.165) is 18.7 Å². The predicted octanol–water partition coefficient (Wildman–Crippen LogP) is 0.771. The Bertz CT molecular complexity index is 392. The quantitative estimate of drug-likeness (QED) is 0.817. The zero-order chi connectivity index (χ0) is 11.5. The first-order valence-electron chi connectivity index (χ1n) is 5.56. The van der Waals surface area contributed by atoms with Crippen LogP contribution in [0, 0.1) is 0 Å².